The Bertz CT molecular complexity index is 996. The number of carbonyl (C=O) groups excluding carboxylic acids is 2. The first-order chi connectivity index (χ1) is 17.6. The van der Waals surface area contributed by atoms with E-state index in [2.05, 4.69) is 13.8 Å². The van der Waals surface area contributed by atoms with Crippen LogP contribution >= 0.6 is 0 Å². The highest BCUT2D eigenvalue weighted by molar-refractivity contribution is 7.89. The van der Waals surface area contributed by atoms with Crippen LogP contribution < -0.4 is 0 Å². The summed E-state index contributed by atoms with van der Waals surface area (Å²) in [7, 11) is -3.50. The Morgan fingerprint density at radius 1 is 1.05 bits per heavy atom. The van der Waals surface area contributed by atoms with E-state index in [0.717, 1.165) is 56.1 Å². The van der Waals surface area contributed by atoms with Crippen molar-refractivity contribution in [3.05, 3.63) is 35.4 Å². The Morgan fingerprint density at radius 2 is 1.70 bits per heavy atom. The molecule has 0 atom stereocenters. The third kappa shape index (κ3) is 8.28. The van der Waals surface area contributed by atoms with E-state index >= 15 is 0 Å². The number of carbonyl (C=O) groups is 2. The van der Waals surface area contributed by atoms with Crippen molar-refractivity contribution in [3.8, 4) is 0 Å². The normalized spacial score (nSPS) is 17.6. The van der Waals surface area contributed by atoms with E-state index in [0.29, 0.717) is 38.5 Å². The maximum absolute atomic E-state index is 13.8. The minimum atomic E-state index is -3.50. The van der Waals surface area contributed by atoms with E-state index in [9.17, 15) is 18.0 Å². The van der Waals surface area contributed by atoms with E-state index in [-0.39, 0.29) is 36.1 Å². The van der Waals surface area contributed by atoms with Gasteiger partial charge in [-0.25, -0.2) is 8.42 Å². The SMILES string of the molecule is CCCS(=O)(=O)N(CCC(C)C)CC(=O)N(Cc1ccccc1C)C1CCN(C(=O)C2CCCC2)CC1. The van der Waals surface area contributed by atoms with Gasteiger partial charge in [-0.2, -0.15) is 4.31 Å². The van der Waals surface area contributed by atoms with Crippen LogP contribution in [0, 0.1) is 18.8 Å². The molecule has 2 amide bonds. The molecule has 1 aromatic rings. The lowest BCUT2D eigenvalue weighted by Crippen LogP contribution is -2.52. The highest BCUT2D eigenvalue weighted by Gasteiger charge is 2.34. The molecule has 0 unspecified atom stereocenters. The topological polar surface area (TPSA) is 78.0 Å². The summed E-state index contributed by atoms with van der Waals surface area (Å²) in [5.74, 6) is 0.696. The lowest BCUT2D eigenvalue weighted by molar-refractivity contribution is -0.139. The fraction of sp³-hybridized carbons (Fsp3) is 0.724. The molecule has 37 heavy (non-hydrogen) atoms. The molecule has 0 aromatic heterocycles. The molecule has 1 aliphatic heterocycles. The molecule has 1 aliphatic carbocycles. The summed E-state index contributed by atoms with van der Waals surface area (Å²) in [5.41, 5.74) is 2.19. The molecule has 3 rings (SSSR count). The van der Waals surface area contributed by atoms with E-state index < -0.39 is 10.0 Å². The predicted octanol–water partition coefficient (Wildman–Crippen LogP) is 4.59. The Labute approximate surface area is 224 Å². The van der Waals surface area contributed by atoms with Gasteiger partial charge in [0.2, 0.25) is 21.8 Å². The first-order valence-electron chi connectivity index (χ1n) is 14.2. The van der Waals surface area contributed by atoms with Crippen LogP contribution in [0.4, 0.5) is 0 Å². The van der Waals surface area contributed by atoms with Gasteiger partial charge < -0.3 is 9.80 Å². The Balaban J connectivity index is 1.77. The highest BCUT2D eigenvalue weighted by atomic mass is 32.2. The first-order valence-corrected chi connectivity index (χ1v) is 15.8. The summed E-state index contributed by atoms with van der Waals surface area (Å²) >= 11 is 0. The van der Waals surface area contributed by atoms with Gasteiger partial charge in [-0.05, 0) is 62.5 Å². The van der Waals surface area contributed by atoms with Crippen LogP contribution in [0.3, 0.4) is 0 Å². The smallest absolute Gasteiger partial charge is 0.238 e. The number of hydrogen-bond acceptors (Lipinski definition) is 4. The third-order valence-corrected chi connectivity index (χ3v) is 9.99. The summed E-state index contributed by atoms with van der Waals surface area (Å²) in [6, 6.07) is 8.04. The number of likely N-dealkylation sites (tertiary alicyclic amines) is 1. The number of piperidine rings is 1. The first kappa shape index (κ1) is 29.6. The van der Waals surface area contributed by atoms with Gasteiger partial charge in [-0.3, -0.25) is 9.59 Å². The number of benzene rings is 1. The minimum absolute atomic E-state index is 0.0134. The largest absolute Gasteiger partial charge is 0.342 e. The second-order valence-corrected chi connectivity index (χ2v) is 13.4. The van der Waals surface area contributed by atoms with Crippen molar-refractivity contribution in [2.75, 3.05) is 31.9 Å². The fourth-order valence-corrected chi connectivity index (χ4v) is 7.03. The number of amides is 2. The van der Waals surface area contributed by atoms with E-state index in [1.165, 1.54) is 4.31 Å². The van der Waals surface area contributed by atoms with E-state index in [1.54, 1.807) is 0 Å². The average molecular weight is 534 g/mol. The van der Waals surface area contributed by atoms with Crippen molar-refractivity contribution < 1.29 is 18.0 Å². The molecule has 0 spiro atoms. The van der Waals surface area contributed by atoms with Gasteiger partial charge in [0.15, 0.2) is 0 Å². The molecule has 1 saturated carbocycles. The van der Waals surface area contributed by atoms with Crippen LogP contribution in [0.25, 0.3) is 0 Å². The summed E-state index contributed by atoms with van der Waals surface area (Å²) in [6.45, 7) is 10.0. The molecule has 1 aromatic carbocycles. The number of nitrogens with zero attached hydrogens (tertiary/aromatic N) is 3. The van der Waals surface area contributed by atoms with Crippen LogP contribution in [-0.4, -0.2) is 72.3 Å². The number of hydrogen-bond donors (Lipinski definition) is 0. The maximum atomic E-state index is 13.8. The molecule has 7 nitrogen and oxygen atoms in total. The number of aryl methyl sites for hydroxylation is 1. The zero-order valence-corrected chi connectivity index (χ0v) is 24.1. The lowest BCUT2D eigenvalue weighted by atomic mass is 9.98. The maximum Gasteiger partial charge on any atom is 0.238 e. The van der Waals surface area contributed by atoms with Crippen molar-refractivity contribution in [3.63, 3.8) is 0 Å². The summed E-state index contributed by atoms with van der Waals surface area (Å²) < 4.78 is 27.5. The molecular weight excluding hydrogens is 486 g/mol. The van der Waals surface area contributed by atoms with Gasteiger partial charge in [-0.15, -0.1) is 0 Å². The Hall–Kier alpha value is -1.93. The molecule has 0 bridgehead atoms. The molecule has 2 fully saturated rings. The second-order valence-electron chi connectivity index (χ2n) is 11.3. The van der Waals surface area contributed by atoms with Gasteiger partial charge in [0.1, 0.15) is 0 Å². The standard InChI is InChI=1S/C29H47N3O4S/c1-5-20-37(35,36)31(19-14-23(2)3)22-28(33)32(21-26-13-7-6-10-24(26)4)27-15-17-30(18-16-27)29(34)25-11-8-9-12-25/h6-7,10,13,23,25,27H,5,8-9,11-12,14-22H2,1-4H3. The number of sulfonamides is 1. The van der Waals surface area contributed by atoms with Gasteiger partial charge in [0.05, 0.1) is 12.3 Å². The zero-order valence-electron chi connectivity index (χ0n) is 23.3. The molecule has 1 heterocycles. The molecule has 0 N–H and O–H groups in total. The van der Waals surface area contributed by atoms with Crippen LogP contribution in [0.2, 0.25) is 0 Å². The Morgan fingerprint density at radius 3 is 2.30 bits per heavy atom. The van der Waals surface area contributed by atoms with Crippen LogP contribution in [0.1, 0.15) is 83.3 Å². The van der Waals surface area contributed by atoms with Crippen molar-refractivity contribution in [2.45, 2.75) is 91.6 Å². The van der Waals surface area contributed by atoms with Crippen LogP contribution in [0.5, 0.6) is 0 Å². The fourth-order valence-electron chi connectivity index (χ4n) is 5.57. The Kier molecular flexibility index (Phi) is 11.0. The molecule has 0 radical (unpaired) electrons. The van der Waals surface area contributed by atoms with Crippen molar-refractivity contribution in [1.82, 2.24) is 14.1 Å². The number of rotatable bonds is 12. The van der Waals surface area contributed by atoms with Gasteiger partial charge in [-0.1, -0.05) is 57.9 Å². The lowest BCUT2D eigenvalue weighted by Gasteiger charge is -2.40. The van der Waals surface area contributed by atoms with Crippen LogP contribution in [-0.2, 0) is 26.2 Å². The van der Waals surface area contributed by atoms with Gasteiger partial charge in [0, 0.05) is 38.1 Å². The summed E-state index contributed by atoms with van der Waals surface area (Å²) in [6.07, 6.45) is 6.96. The molecular formula is C29H47N3O4S. The molecule has 208 valence electrons. The average Bonchev–Trinajstić information content (AvgIpc) is 3.40. The van der Waals surface area contributed by atoms with Crippen molar-refractivity contribution in [1.29, 1.82) is 0 Å². The van der Waals surface area contributed by atoms with Crippen molar-refractivity contribution in [2.24, 2.45) is 11.8 Å². The van der Waals surface area contributed by atoms with Gasteiger partial charge in [0.25, 0.3) is 0 Å². The minimum Gasteiger partial charge on any atom is -0.342 e. The van der Waals surface area contributed by atoms with E-state index in [1.807, 2.05) is 47.9 Å². The van der Waals surface area contributed by atoms with Gasteiger partial charge >= 0.3 is 0 Å². The van der Waals surface area contributed by atoms with Crippen LogP contribution in [0.15, 0.2) is 24.3 Å². The molecule has 8 heteroatoms. The second kappa shape index (κ2) is 13.7. The highest BCUT2D eigenvalue weighted by Crippen LogP contribution is 2.29. The third-order valence-electron chi connectivity index (χ3n) is 7.97. The van der Waals surface area contributed by atoms with E-state index in [4.69, 9.17) is 0 Å². The monoisotopic (exact) mass is 533 g/mol. The predicted molar refractivity (Wildman–Crippen MR) is 148 cm³/mol. The zero-order chi connectivity index (χ0) is 27.0. The molecule has 2 aliphatic rings. The van der Waals surface area contributed by atoms with Crippen molar-refractivity contribution >= 4 is 21.8 Å². The summed E-state index contributed by atoms with van der Waals surface area (Å²) in [5, 5.41) is 0. The summed E-state index contributed by atoms with van der Waals surface area (Å²) in [4.78, 5) is 30.7. The molecule has 1 saturated heterocycles. The quantitative estimate of drug-likeness (QED) is 0.394.